The molecule has 1 aromatic heterocycles. The van der Waals surface area contributed by atoms with Crippen molar-refractivity contribution >= 4 is 23.0 Å². The number of aromatic nitrogens is 1. The quantitative estimate of drug-likeness (QED) is 0.259. The number of rotatable bonds is 5. The Morgan fingerprint density at radius 1 is 1.14 bits per heavy atom. The number of benzene rings is 3. The number of aromatic hydroxyl groups is 1. The average molecular weight is 505 g/mol. The van der Waals surface area contributed by atoms with Crippen LogP contribution in [0.4, 0.5) is 13.2 Å². The van der Waals surface area contributed by atoms with Crippen molar-refractivity contribution in [1.82, 2.24) is 9.99 Å². The number of hydrazone groups is 1. The predicted molar refractivity (Wildman–Crippen MR) is 135 cm³/mol. The second-order valence-electron chi connectivity index (χ2n) is 8.75. The zero-order valence-electron chi connectivity index (χ0n) is 20.3. The lowest BCUT2D eigenvalue weighted by Crippen LogP contribution is -2.17. The van der Waals surface area contributed by atoms with Crippen molar-refractivity contribution in [2.45, 2.75) is 33.5 Å². The van der Waals surface area contributed by atoms with E-state index >= 15 is 0 Å². The van der Waals surface area contributed by atoms with Crippen LogP contribution < -0.4 is 5.43 Å². The summed E-state index contributed by atoms with van der Waals surface area (Å²) in [6.45, 7) is 5.04. The molecule has 188 valence electrons. The van der Waals surface area contributed by atoms with Gasteiger partial charge in [-0.2, -0.15) is 23.5 Å². The highest BCUT2D eigenvalue weighted by molar-refractivity contribution is 6.00. The molecule has 0 atom stereocenters. The van der Waals surface area contributed by atoms with Gasteiger partial charge in [0.1, 0.15) is 11.8 Å². The van der Waals surface area contributed by atoms with Crippen molar-refractivity contribution in [2.75, 3.05) is 0 Å². The third-order valence-electron chi connectivity index (χ3n) is 6.38. The number of hydrogen-bond donors (Lipinski definition) is 2. The number of amides is 1. The van der Waals surface area contributed by atoms with Crippen molar-refractivity contribution in [3.05, 3.63) is 99.2 Å². The molecule has 37 heavy (non-hydrogen) atoms. The molecule has 0 spiro atoms. The molecule has 0 saturated carbocycles. The van der Waals surface area contributed by atoms with E-state index in [1.165, 1.54) is 31.3 Å². The van der Waals surface area contributed by atoms with Crippen LogP contribution in [0.3, 0.4) is 0 Å². The van der Waals surface area contributed by atoms with Crippen LogP contribution in [0.2, 0.25) is 0 Å². The number of halogens is 3. The second-order valence-corrected chi connectivity index (χ2v) is 8.75. The second kappa shape index (κ2) is 9.82. The van der Waals surface area contributed by atoms with E-state index in [1.54, 1.807) is 48.0 Å². The van der Waals surface area contributed by atoms with Crippen molar-refractivity contribution in [1.29, 1.82) is 5.26 Å². The van der Waals surface area contributed by atoms with E-state index in [-0.39, 0.29) is 34.5 Å². The van der Waals surface area contributed by atoms with E-state index in [0.29, 0.717) is 11.1 Å². The Morgan fingerprint density at radius 2 is 1.89 bits per heavy atom. The Labute approximate surface area is 211 Å². The lowest BCUT2D eigenvalue weighted by molar-refractivity contribution is -0.138. The van der Waals surface area contributed by atoms with Gasteiger partial charge in [0.05, 0.1) is 17.3 Å². The summed E-state index contributed by atoms with van der Waals surface area (Å²) >= 11 is 0. The molecule has 1 amide bonds. The van der Waals surface area contributed by atoms with Gasteiger partial charge >= 0.3 is 6.18 Å². The van der Waals surface area contributed by atoms with E-state index in [9.17, 15) is 23.1 Å². The Balaban J connectivity index is 1.63. The molecule has 9 heteroatoms. The summed E-state index contributed by atoms with van der Waals surface area (Å²) in [6, 6.07) is 14.4. The summed E-state index contributed by atoms with van der Waals surface area (Å²) in [5.41, 5.74) is 5.12. The summed E-state index contributed by atoms with van der Waals surface area (Å²) in [5.74, 6) is -0.792. The molecule has 0 saturated heterocycles. The zero-order valence-corrected chi connectivity index (χ0v) is 20.3. The lowest BCUT2D eigenvalue weighted by Gasteiger charge is -2.21. The van der Waals surface area contributed by atoms with Gasteiger partial charge in [0.15, 0.2) is 0 Å². The molecule has 0 aliphatic rings. The number of hydrogen-bond acceptors (Lipinski definition) is 4. The number of fused-ring (bicyclic) bond motifs is 1. The molecule has 6 nitrogen and oxygen atoms in total. The summed E-state index contributed by atoms with van der Waals surface area (Å²) in [7, 11) is 0. The molecule has 0 unspecified atom stereocenters. The summed E-state index contributed by atoms with van der Waals surface area (Å²) in [4.78, 5) is 12.4. The molecular formula is C28H23F3N4O2. The Kier molecular flexibility index (Phi) is 6.77. The minimum Gasteiger partial charge on any atom is -0.507 e. The van der Waals surface area contributed by atoms with E-state index in [2.05, 4.69) is 10.5 Å². The standard InChI is InChI=1S/C28H23F3N4O2/c1-16-11-17(2)26(28(29,30)31)23(18(16)3)15-35-10-9-22-20(5-4-6-24(22)35)14-33-34-27(37)19-7-8-25(36)21(12-19)13-32/h4-12,14,36H,15H2,1-3H3,(H,34,37)/b33-14+. The van der Waals surface area contributed by atoms with Crippen molar-refractivity contribution in [3.8, 4) is 11.8 Å². The van der Waals surface area contributed by atoms with Crippen LogP contribution in [0.15, 0.2) is 59.8 Å². The highest BCUT2D eigenvalue weighted by Gasteiger charge is 2.36. The molecule has 2 N–H and O–H groups in total. The first kappa shape index (κ1) is 25.5. The minimum absolute atomic E-state index is 0.0320. The molecule has 4 aromatic rings. The molecular weight excluding hydrogens is 481 g/mol. The largest absolute Gasteiger partial charge is 0.507 e. The van der Waals surface area contributed by atoms with Gasteiger partial charge < -0.3 is 9.67 Å². The fourth-order valence-corrected chi connectivity index (χ4v) is 4.42. The first-order chi connectivity index (χ1) is 17.5. The van der Waals surface area contributed by atoms with E-state index in [0.717, 1.165) is 16.5 Å². The molecule has 1 heterocycles. The maximum atomic E-state index is 13.9. The van der Waals surface area contributed by atoms with Crippen LogP contribution in [0.25, 0.3) is 10.9 Å². The zero-order chi connectivity index (χ0) is 26.9. The first-order valence-electron chi connectivity index (χ1n) is 11.3. The Bertz CT molecular complexity index is 1590. The van der Waals surface area contributed by atoms with Crippen LogP contribution in [-0.2, 0) is 12.7 Å². The number of phenols is 1. The van der Waals surface area contributed by atoms with Crippen LogP contribution in [0, 0.1) is 32.1 Å². The average Bonchev–Trinajstić information content (AvgIpc) is 3.25. The highest BCUT2D eigenvalue weighted by atomic mass is 19.4. The van der Waals surface area contributed by atoms with Gasteiger partial charge in [0.25, 0.3) is 5.91 Å². The van der Waals surface area contributed by atoms with Crippen LogP contribution in [0.1, 0.15) is 49.3 Å². The van der Waals surface area contributed by atoms with Gasteiger partial charge in [0, 0.05) is 34.8 Å². The number of carbonyl (C=O) groups excluding carboxylic acids is 1. The maximum Gasteiger partial charge on any atom is 0.417 e. The SMILES string of the molecule is Cc1cc(C)c(C(F)(F)F)c(Cn2ccc3c(/C=N/NC(=O)c4ccc(O)c(C#N)c4)cccc32)c1C. The number of alkyl halides is 3. The number of nitrogens with zero attached hydrogens (tertiary/aromatic N) is 3. The highest BCUT2D eigenvalue weighted by Crippen LogP contribution is 2.38. The molecule has 3 aromatic carbocycles. The van der Waals surface area contributed by atoms with Crippen LogP contribution in [-0.4, -0.2) is 21.8 Å². The smallest absolute Gasteiger partial charge is 0.417 e. The van der Waals surface area contributed by atoms with E-state index in [4.69, 9.17) is 5.26 Å². The van der Waals surface area contributed by atoms with Crippen molar-refractivity contribution in [3.63, 3.8) is 0 Å². The summed E-state index contributed by atoms with van der Waals surface area (Å²) < 4.78 is 43.5. The van der Waals surface area contributed by atoms with Crippen molar-refractivity contribution < 1.29 is 23.1 Å². The van der Waals surface area contributed by atoms with Crippen LogP contribution >= 0.6 is 0 Å². The van der Waals surface area contributed by atoms with Crippen LogP contribution in [0.5, 0.6) is 5.75 Å². The number of phenolic OH excluding ortho intramolecular Hbond substituents is 1. The molecule has 0 aliphatic heterocycles. The summed E-state index contributed by atoms with van der Waals surface area (Å²) in [5, 5.41) is 23.4. The molecule has 0 fully saturated rings. The van der Waals surface area contributed by atoms with Gasteiger partial charge in [-0.3, -0.25) is 4.79 Å². The van der Waals surface area contributed by atoms with E-state index < -0.39 is 17.6 Å². The number of nitrogens with one attached hydrogen (secondary N) is 1. The molecule has 4 rings (SSSR count). The van der Waals surface area contributed by atoms with Gasteiger partial charge in [-0.15, -0.1) is 0 Å². The van der Waals surface area contributed by atoms with Gasteiger partial charge in [-0.05, 0) is 73.4 Å². The predicted octanol–water partition coefficient (Wildman–Crippen LogP) is 5.97. The Hall–Kier alpha value is -4.58. The summed E-state index contributed by atoms with van der Waals surface area (Å²) in [6.07, 6.45) is -1.29. The van der Waals surface area contributed by atoms with Crippen molar-refractivity contribution in [2.24, 2.45) is 5.10 Å². The third kappa shape index (κ3) is 5.05. The fraction of sp³-hybridized carbons (Fsp3) is 0.179. The Morgan fingerprint density at radius 3 is 2.59 bits per heavy atom. The van der Waals surface area contributed by atoms with E-state index in [1.807, 2.05) is 13.0 Å². The normalized spacial score (nSPS) is 11.7. The fourth-order valence-electron chi connectivity index (χ4n) is 4.42. The number of aryl methyl sites for hydroxylation is 2. The molecule has 0 aliphatic carbocycles. The van der Waals surface area contributed by atoms with Gasteiger partial charge in [-0.25, -0.2) is 5.43 Å². The number of nitriles is 1. The number of carbonyl (C=O) groups is 1. The van der Waals surface area contributed by atoms with Gasteiger partial charge in [0.2, 0.25) is 0 Å². The first-order valence-corrected chi connectivity index (χ1v) is 11.3. The molecule has 0 bridgehead atoms. The topological polar surface area (TPSA) is 90.4 Å². The van der Waals surface area contributed by atoms with Gasteiger partial charge in [-0.1, -0.05) is 18.2 Å². The lowest BCUT2D eigenvalue weighted by atomic mass is 9.92. The maximum absolute atomic E-state index is 13.9. The third-order valence-corrected chi connectivity index (χ3v) is 6.38. The monoisotopic (exact) mass is 504 g/mol. The minimum atomic E-state index is -4.47. The molecule has 0 radical (unpaired) electrons.